The number of ether oxygens (including phenoxy) is 1. The van der Waals surface area contributed by atoms with Gasteiger partial charge in [-0.2, -0.15) is 9.78 Å². The first-order valence-electron chi connectivity index (χ1n) is 9.02. The second-order valence-electron chi connectivity index (χ2n) is 6.37. The lowest BCUT2D eigenvalue weighted by atomic mass is 10.2. The summed E-state index contributed by atoms with van der Waals surface area (Å²) in [5, 5.41) is 15.7. The van der Waals surface area contributed by atoms with Crippen molar-refractivity contribution in [2.75, 3.05) is 0 Å². The average molecular weight is 473 g/mol. The maximum absolute atomic E-state index is 13.0. The molecule has 0 unspecified atom stereocenters. The molecule has 0 N–H and O–H groups in total. The Morgan fingerprint density at radius 2 is 2.10 bits per heavy atom. The first-order chi connectivity index (χ1) is 14.3. The van der Waals surface area contributed by atoms with E-state index in [1.165, 1.54) is 31.3 Å². The van der Waals surface area contributed by atoms with Crippen molar-refractivity contribution < 1.29 is 14.5 Å². The summed E-state index contributed by atoms with van der Waals surface area (Å²) in [6.45, 7) is 3.17. The van der Waals surface area contributed by atoms with Crippen LogP contribution in [0.2, 0.25) is 0 Å². The van der Waals surface area contributed by atoms with Crippen LogP contribution in [-0.2, 0) is 11.2 Å². The standard InChI is InChI=1S/C20H17BrN4O5/c1-3-4-19-23-17-7-5-14(21)10-16(17)20(27)24(19)22-11-13-9-15(25(28)29)6-8-18(13)30-12(2)26/h5-11H,3-4H2,1-2H3. The van der Waals surface area contributed by atoms with E-state index < -0.39 is 10.9 Å². The van der Waals surface area contributed by atoms with Crippen LogP contribution >= 0.6 is 15.9 Å². The van der Waals surface area contributed by atoms with Crippen molar-refractivity contribution in [2.24, 2.45) is 5.10 Å². The van der Waals surface area contributed by atoms with Crippen LogP contribution in [0.4, 0.5) is 5.69 Å². The highest BCUT2D eigenvalue weighted by atomic mass is 79.9. The Kier molecular flexibility index (Phi) is 6.36. The maximum atomic E-state index is 13.0. The van der Waals surface area contributed by atoms with Crippen LogP contribution in [0.25, 0.3) is 10.9 Å². The number of hydrogen-bond acceptors (Lipinski definition) is 7. The van der Waals surface area contributed by atoms with Gasteiger partial charge in [0, 0.05) is 35.5 Å². The number of esters is 1. The SMILES string of the molecule is CCCc1nc2ccc(Br)cc2c(=O)n1N=Cc1cc([N+](=O)[O-])ccc1OC(C)=O. The fraction of sp³-hybridized carbons (Fsp3) is 0.200. The molecule has 3 rings (SSSR count). The lowest BCUT2D eigenvalue weighted by molar-refractivity contribution is -0.384. The Morgan fingerprint density at radius 3 is 2.77 bits per heavy atom. The van der Waals surface area contributed by atoms with Gasteiger partial charge in [0.25, 0.3) is 11.2 Å². The van der Waals surface area contributed by atoms with Crippen LogP contribution in [-0.4, -0.2) is 26.8 Å². The van der Waals surface area contributed by atoms with E-state index in [-0.39, 0.29) is 22.6 Å². The number of aryl methyl sites for hydroxylation is 1. The van der Waals surface area contributed by atoms with Gasteiger partial charge in [0.2, 0.25) is 0 Å². The van der Waals surface area contributed by atoms with Crippen LogP contribution in [0.15, 0.2) is 50.8 Å². The number of fused-ring (bicyclic) bond motifs is 1. The van der Waals surface area contributed by atoms with E-state index >= 15 is 0 Å². The van der Waals surface area contributed by atoms with Gasteiger partial charge in [-0.25, -0.2) is 4.98 Å². The number of nitrogens with zero attached hydrogens (tertiary/aromatic N) is 4. The van der Waals surface area contributed by atoms with Gasteiger partial charge in [-0.1, -0.05) is 22.9 Å². The van der Waals surface area contributed by atoms with Crippen LogP contribution in [0.1, 0.15) is 31.7 Å². The van der Waals surface area contributed by atoms with Crippen molar-refractivity contribution in [2.45, 2.75) is 26.7 Å². The molecule has 30 heavy (non-hydrogen) atoms. The molecule has 10 heteroatoms. The maximum Gasteiger partial charge on any atom is 0.308 e. The molecule has 0 atom stereocenters. The zero-order valence-corrected chi connectivity index (χ0v) is 17.7. The van der Waals surface area contributed by atoms with Gasteiger partial charge >= 0.3 is 5.97 Å². The van der Waals surface area contributed by atoms with Crippen molar-refractivity contribution >= 4 is 44.7 Å². The Labute approximate surface area is 179 Å². The zero-order chi connectivity index (χ0) is 21.8. The summed E-state index contributed by atoms with van der Waals surface area (Å²) >= 11 is 3.34. The molecule has 0 fully saturated rings. The average Bonchev–Trinajstić information content (AvgIpc) is 2.69. The van der Waals surface area contributed by atoms with Gasteiger partial charge in [0.15, 0.2) is 0 Å². The first kappa shape index (κ1) is 21.3. The number of halogens is 1. The second-order valence-corrected chi connectivity index (χ2v) is 7.29. The third kappa shape index (κ3) is 4.60. The van der Waals surface area contributed by atoms with Gasteiger partial charge in [-0.05, 0) is 30.7 Å². The first-order valence-corrected chi connectivity index (χ1v) is 9.82. The minimum absolute atomic E-state index is 0.0958. The monoisotopic (exact) mass is 472 g/mol. The summed E-state index contributed by atoms with van der Waals surface area (Å²) in [5.74, 6) is -0.0361. The number of nitro groups is 1. The molecule has 0 bridgehead atoms. The predicted molar refractivity (Wildman–Crippen MR) is 115 cm³/mol. The van der Waals surface area contributed by atoms with E-state index in [9.17, 15) is 19.7 Å². The minimum atomic E-state index is -0.584. The largest absolute Gasteiger partial charge is 0.426 e. The van der Waals surface area contributed by atoms with Crippen molar-refractivity contribution in [3.05, 3.63) is 72.7 Å². The highest BCUT2D eigenvalue weighted by molar-refractivity contribution is 9.10. The van der Waals surface area contributed by atoms with Gasteiger partial charge in [-0.3, -0.25) is 19.7 Å². The number of aromatic nitrogens is 2. The Morgan fingerprint density at radius 1 is 1.33 bits per heavy atom. The highest BCUT2D eigenvalue weighted by Crippen LogP contribution is 2.23. The molecule has 0 amide bonds. The second kappa shape index (κ2) is 8.95. The van der Waals surface area contributed by atoms with Crippen LogP contribution in [0.5, 0.6) is 5.75 Å². The molecule has 0 aliphatic rings. The van der Waals surface area contributed by atoms with Gasteiger partial charge in [-0.15, -0.1) is 0 Å². The van der Waals surface area contributed by atoms with E-state index in [1.54, 1.807) is 18.2 Å². The molecule has 1 aromatic heterocycles. The van der Waals surface area contributed by atoms with Gasteiger partial charge < -0.3 is 4.74 Å². The van der Waals surface area contributed by atoms with Crippen molar-refractivity contribution in [1.29, 1.82) is 0 Å². The Balaban J connectivity index is 2.17. The third-order valence-electron chi connectivity index (χ3n) is 4.12. The summed E-state index contributed by atoms with van der Waals surface area (Å²) in [6.07, 6.45) is 2.49. The fourth-order valence-corrected chi connectivity index (χ4v) is 3.18. The normalized spacial score (nSPS) is 11.2. The molecule has 0 spiro atoms. The summed E-state index contributed by atoms with van der Waals surface area (Å²) in [5.41, 5.74) is 0.159. The number of benzene rings is 2. The molecule has 0 saturated carbocycles. The fourth-order valence-electron chi connectivity index (χ4n) is 2.82. The molecule has 3 aromatic rings. The summed E-state index contributed by atoms with van der Waals surface area (Å²) < 4.78 is 6.99. The number of carbonyl (C=O) groups excluding carboxylic acids is 1. The third-order valence-corrected chi connectivity index (χ3v) is 4.61. The quantitative estimate of drug-likeness (QED) is 0.177. The van der Waals surface area contributed by atoms with Crippen LogP contribution < -0.4 is 10.3 Å². The Bertz CT molecular complexity index is 1240. The van der Waals surface area contributed by atoms with E-state index in [2.05, 4.69) is 26.0 Å². The highest BCUT2D eigenvalue weighted by Gasteiger charge is 2.14. The van der Waals surface area contributed by atoms with Crippen LogP contribution in [0.3, 0.4) is 0 Å². The van der Waals surface area contributed by atoms with Gasteiger partial charge in [0.05, 0.1) is 22.0 Å². The number of carbonyl (C=O) groups is 1. The number of hydrogen-bond donors (Lipinski definition) is 0. The van der Waals surface area contributed by atoms with E-state index in [1.807, 2.05) is 6.92 Å². The molecule has 0 saturated heterocycles. The van der Waals surface area contributed by atoms with Crippen LogP contribution in [0, 0.1) is 10.1 Å². The smallest absolute Gasteiger partial charge is 0.308 e. The molecule has 1 heterocycles. The molecule has 0 aliphatic carbocycles. The number of nitro benzene ring substituents is 1. The number of non-ortho nitro benzene ring substituents is 1. The number of rotatable bonds is 6. The molecular weight excluding hydrogens is 456 g/mol. The zero-order valence-electron chi connectivity index (χ0n) is 16.2. The van der Waals surface area contributed by atoms with Crippen molar-refractivity contribution in [3.63, 3.8) is 0 Å². The van der Waals surface area contributed by atoms with E-state index in [0.29, 0.717) is 23.1 Å². The lowest BCUT2D eigenvalue weighted by Gasteiger charge is -2.09. The minimum Gasteiger partial charge on any atom is -0.426 e. The van der Waals surface area contributed by atoms with E-state index in [4.69, 9.17) is 4.74 Å². The summed E-state index contributed by atoms with van der Waals surface area (Å²) in [6, 6.07) is 8.95. The molecule has 9 nitrogen and oxygen atoms in total. The molecule has 2 aromatic carbocycles. The van der Waals surface area contributed by atoms with Crippen molar-refractivity contribution in [1.82, 2.24) is 9.66 Å². The predicted octanol–water partition coefficient (Wildman–Crippen LogP) is 3.83. The lowest BCUT2D eigenvalue weighted by Crippen LogP contribution is -2.22. The summed E-state index contributed by atoms with van der Waals surface area (Å²) in [7, 11) is 0. The molecule has 0 aliphatic heterocycles. The van der Waals surface area contributed by atoms with Gasteiger partial charge in [0.1, 0.15) is 11.6 Å². The summed E-state index contributed by atoms with van der Waals surface area (Å²) in [4.78, 5) is 39.5. The molecular formula is C20H17BrN4O5. The Hall–Kier alpha value is -3.40. The molecule has 154 valence electrons. The molecule has 0 radical (unpaired) electrons. The van der Waals surface area contributed by atoms with Crippen molar-refractivity contribution in [3.8, 4) is 5.75 Å². The van der Waals surface area contributed by atoms with E-state index in [0.717, 1.165) is 15.6 Å². The topological polar surface area (TPSA) is 117 Å².